The Bertz CT molecular complexity index is 1140. The second kappa shape index (κ2) is 7.84. The average molecular weight is 426 g/mol. The van der Waals surface area contributed by atoms with Gasteiger partial charge in [0.05, 0.1) is 31.5 Å². The van der Waals surface area contributed by atoms with Gasteiger partial charge in [-0.2, -0.15) is 5.10 Å². The average Bonchev–Trinajstić information content (AvgIpc) is 3.08. The standard InChI is InChI=1S/C22H20ClN3O4/c1-12-20-16(21(28)13-4-9-17(29-2)18(10-13)30-3)11-19(27)24-22(20)26(25-12)15-7-5-14(23)6-8-15/h4-10,16H,11H2,1-3H3,(H,24,27). The Morgan fingerprint density at radius 2 is 1.83 bits per heavy atom. The number of nitrogens with zero attached hydrogens (tertiary/aromatic N) is 2. The molecule has 1 aliphatic heterocycles. The molecule has 0 spiro atoms. The summed E-state index contributed by atoms with van der Waals surface area (Å²) in [6.45, 7) is 1.83. The molecule has 2 aromatic carbocycles. The molecule has 8 heteroatoms. The van der Waals surface area contributed by atoms with E-state index < -0.39 is 5.92 Å². The van der Waals surface area contributed by atoms with Gasteiger partial charge in [-0.05, 0) is 49.4 Å². The summed E-state index contributed by atoms with van der Waals surface area (Å²) in [7, 11) is 3.05. The van der Waals surface area contributed by atoms with Crippen molar-refractivity contribution < 1.29 is 19.1 Å². The van der Waals surface area contributed by atoms with Crippen LogP contribution in [0.1, 0.15) is 34.0 Å². The number of benzene rings is 2. The lowest BCUT2D eigenvalue weighted by atomic mass is 9.85. The van der Waals surface area contributed by atoms with Crippen molar-refractivity contribution in [3.8, 4) is 17.2 Å². The highest BCUT2D eigenvalue weighted by Gasteiger charge is 2.36. The molecular weight excluding hydrogens is 406 g/mol. The summed E-state index contributed by atoms with van der Waals surface area (Å²) in [4.78, 5) is 25.9. The molecule has 154 valence electrons. The number of ether oxygens (including phenoxy) is 2. The normalized spacial score (nSPS) is 15.3. The molecular formula is C22H20ClN3O4. The lowest BCUT2D eigenvalue weighted by molar-refractivity contribution is -0.116. The number of nitrogens with one attached hydrogen (secondary N) is 1. The summed E-state index contributed by atoms with van der Waals surface area (Å²) in [5.74, 6) is 0.431. The third kappa shape index (κ3) is 3.41. The maximum absolute atomic E-state index is 13.4. The largest absolute Gasteiger partial charge is 0.493 e. The SMILES string of the molecule is COc1ccc(C(=O)C2CC(=O)Nc3c2c(C)nn3-c2ccc(Cl)cc2)cc1OC. The van der Waals surface area contributed by atoms with Gasteiger partial charge in [-0.3, -0.25) is 9.59 Å². The Hall–Kier alpha value is -3.32. The number of methoxy groups -OCH3 is 2. The second-order valence-electron chi connectivity index (χ2n) is 6.97. The number of fused-ring (bicyclic) bond motifs is 1. The lowest BCUT2D eigenvalue weighted by Crippen LogP contribution is -2.28. The Labute approximate surface area is 178 Å². The number of halogens is 1. The van der Waals surface area contributed by atoms with Gasteiger partial charge in [-0.15, -0.1) is 0 Å². The van der Waals surface area contributed by atoms with Crippen LogP contribution in [-0.2, 0) is 4.79 Å². The minimum atomic E-state index is -0.645. The van der Waals surface area contributed by atoms with Gasteiger partial charge < -0.3 is 14.8 Å². The summed E-state index contributed by atoms with van der Waals surface area (Å²) >= 11 is 5.99. The van der Waals surface area contributed by atoms with Crippen LogP contribution in [0.4, 0.5) is 5.82 Å². The fourth-order valence-corrected chi connectivity index (χ4v) is 3.86. The zero-order chi connectivity index (χ0) is 21.4. The van der Waals surface area contributed by atoms with Crippen molar-refractivity contribution in [2.75, 3.05) is 19.5 Å². The Balaban J connectivity index is 1.78. The van der Waals surface area contributed by atoms with E-state index in [1.807, 2.05) is 6.92 Å². The van der Waals surface area contributed by atoms with Crippen LogP contribution in [0.5, 0.6) is 11.5 Å². The number of Topliss-reactive ketones (excluding diaryl/α,β-unsaturated/α-hetero) is 1. The van der Waals surface area contributed by atoms with Crippen molar-refractivity contribution in [3.63, 3.8) is 0 Å². The van der Waals surface area contributed by atoms with E-state index >= 15 is 0 Å². The van der Waals surface area contributed by atoms with Gasteiger partial charge in [0.1, 0.15) is 5.82 Å². The topological polar surface area (TPSA) is 82.5 Å². The Morgan fingerprint density at radius 3 is 2.50 bits per heavy atom. The van der Waals surface area contributed by atoms with Crippen LogP contribution in [0.15, 0.2) is 42.5 Å². The summed E-state index contributed by atoms with van der Waals surface area (Å²) in [5.41, 5.74) is 2.57. The number of carbonyl (C=O) groups is 2. The number of ketones is 1. The van der Waals surface area contributed by atoms with E-state index in [-0.39, 0.29) is 18.1 Å². The number of carbonyl (C=O) groups excluding carboxylic acids is 2. The molecule has 1 aromatic heterocycles. The molecule has 0 saturated heterocycles. The number of hydrogen-bond donors (Lipinski definition) is 1. The Morgan fingerprint density at radius 1 is 1.13 bits per heavy atom. The van der Waals surface area contributed by atoms with Crippen LogP contribution >= 0.6 is 11.6 Å². The van der Waals surface area contributed by atoms with Crippen LogP contribution in [0.2, 0.25) is 5.02 Å². The maximum Gasteiger partial charge on any atom is 0.226 e. The minimum Gasteiger partial charge on any atom is -0.493 e. The third-order valence-electron chi connectivity index (χ3n) is 5.16. The molecule has 0 fully saturated rings. The van der Waals surface area contributed by atoms with Gasteiger partial charge >= 0.3 is 0 Å². The highest BCUT2D eigenvalue weighted by molar-refractivity contribution is 6.30. The number of rotatable bonds is 5. The van der Waals surface area contributed by atoms with Crippen molar-refractivity contribution in [1.29, 1.82) is 0 Å². The molecule has 1 aliphatic rings. The minimum absolute atomic E-state index is 0.0489. The van der Waals surface area contributed by atoms with Gasteiger partial charge in [0.2, 0.25) is 5.91 Å². The van der Waals surface area contributed by atoms with E-state index in [9.17, 15) is 9.59 Å². The monoisotopic (exact) mass is 425 g/mol. The van der Waals surface area contributed by atoms with Crippen LogP contribution in [0.25, 0.3) is 5.69 Å². The molecule has 2 heterocycles. The fourth-order valence-electron chi connectivity index (χ4n) is 3.73. The number of aryl methyl sites for hydroxylation is 1. The summed E-state index contributed by atoms with van der Waals surface area (Å²) < 4.78 is 12.2. The molecule has 3 aromatic rings. The molecule has 30 heavy (non-hydrogen) atoms. The number of aromatic nitrogens is 2. The van der Waals surface area contributed by atoms with E-state index in [2.05, 4.69) is 10.4 Å². The van der Waals surface area contributed by atoms with Gasteiger partial charge in [-0.1, -0.05) is 11.6 Å². The predicted molar refractivity (Wildman–Crippen MR) is 113 cm³/mol. The van der Waals surface area contributed by atoms with Crippen molar-refractivity contribution in [1.82, 2.24) is 9.78 Å². The zero-order valence-electron chi connectivity index (χ0n) is 16.7. The van der Waals surface area contributed by atoms with E-state index in [1.54, 1.807) is 47.1 Å². The summed E-state index contributed by atoms with van der Waals surface area (Å²) in [6.07, 6.45) is 0.0489. The van der Waals surface area contributed by atoms with Gasteiger partial charge in [-0.25, -0.2) is 4.68 Å². The molecule has 0 saturated carbocycles. The first-order chi connectivity index (χ1) is 14.4. The molecule has 4 rings (SSSR count). The van der Waals surface area contributed by atoms with E-state index in [0.717, 1.165) is 5.69 Å². The predicted octanol–water partition coefficient (Wildman–Crippen LogP) is 4.16. The second-order valence-corrected chi connectivity index (χ2v) is 7.41. The first-order valence-electron chi connectivity index (χ1n) is 9.34. The third-order valence-corrected chi connectivity index (χ3v) is 5.41. The van der Waals surface area contributed by atoms with E-state index in [1.165, 1.54) is 14.2 Å². The lowest BCUT2D eigenvalue weighted by Gasteiger charge is -2.23. The fraction of sp³-hybridized carbons (Fsp3) is 0.227. The van der Waals surface area contributed by atoms with E-state index in [4.69, 9.17) is 21.1 Å². The number of amides is 1. The van der Waals surface area contributed by atoms with Crippen LogP contribution in [-0.4, -0.2) is 35.7 Å². The first kappa shape index (κ1) is 20.0. The van der Waals surface area contributed by atoms with Crippen LogP contribution in [0.3, 0.4) is 0 Å². The first-order valence-corrected chi connectivity index (χ1v) is 9.72. The molecule has 7 nitrogen and oxygen atoms in total. The number of anilines is 1. The van der Waals surface area contributed by atoms with Crippen molar-refractivity contribution in [2.45, 2.75) is 19.3 Å². The van der Waals surface area contributed by atoms with Crippen molar-refractivity contribution in [2.24, 2.45) is 0 Å². The van der Waals surface area contributed by atoms with Gasteiger partial charge in [0.25, 0.3) is 0 Å². The molecule has 1 N–H and O–H groups in total. The van der Waals surface area contributed by atoms with E-state index in [0.29, 0.717) is 39.2 Å². The summed E-state index contributed by atoms with van der Waals surface area (Å²) in [5, 5.41) is 8.05. The molecule has 0 radical (unpaired) electrons. The number of hydrogen-bond acceptors (Lipinski definition) is 5. The highest BCUT2D eigenvalue weighted by atomic mass is 35.5. The van der Waals surface area contributed by atoms with Crippen LogP contribution in [0, 0.1) is 6.92 Å². The quantitative estimate of drug-likeness (QED) is 0.620. The molecule has 1 atom stereocenters. The van der Waals surface area contributed by atoms with Crippen LogP contribution < -0.4 is 14.8 Å². The Kier molecular flexibility index (Phi) is 5.22. The van der Waals surface area contributed by atoms with Crippen molar-refractivity contribution >= 4 is 29.1 Å². The highest BCUT2D eigenvalue weighted by Crippen LogP contribution is 2.39. The van der Waals surface area contributed by atoms with Crippen molar-refractivity contribution in [3.05, 3.63) is 64.3 Å². The smallest absolute Gasteiger partial charge is 0.226 e. The van der Waals surface area contributed by atoms with Gasteiger partial charge in [0, 0.05) is 22.6 Å². The summed E-state index contributed by atoms with van der Waals surface area (Å²) in [6, 6.07) is 12.1. The molecule has 1 unspecified atom stereocenters. The molecule has 0 aliphatic carbocycles. The zero-order valence-corrected chi connectivity index (χ0v) is 17.5. The molecule has 0 bridgehead atoms. The molecule has 1 amide bonds. The maximum atomic E-state index is 13.4. The van der Waals surface area contributed by atoms with Gasteiger partial charge in [0.15, 0.2) is 17.3 Å².